The van der Waals surface area contributed by atoms with Crippen LogP contribution >= 0.6 is 0 Å². The Hall–Kier alpha value is -3.66. The number of nitrogens with zero attached hydrogens (tertiary/aromatic N) is 3. The maximum Gasteiger partial charge on any atom is 0.240 e. The predicted molar refractivity (Wildman–Crippen MR) is 163 cm³/mol. The first-order valence-corrected chi connectivity index (χ1v) is 14.6. The first-order chi connectivity index (χ1) is 20.1. The van der Waals surface area contributed by atoms with Gasteiger partial charge in [-0.25, -0.2) is 0 Å². The molecule has 0 aliphatic carbocycles. The van der Waals surface area contributed by atoms with E-state index in [2.05, 4.69) is 38.1 Å². The summed E-state index contributed by atoms with van der Waals surface area (Å²) in [6.07, 6.45) is 0.692. The zero-order valence-corrected chi connectivity index (χ0v) is 25.5. The molecular formula is C33H44N4O5. The molecule has 9 heteroatoms. The maximum atomic E-state index is 13.9. The van der Waals surface area contributed by atoms with Gasteiger partial charge < -0.3 is 23.9 Å². The van der Waals surface area contributed by atoms with Crippen molar-refractivity contribution in [2.75, 3.05) is 13.1 Å². The van der Waals surface area contributed by atoms with Crippen LogP contribution in [-0.2, 0) is 36.2 Å². The number of fused-ring (bicyclic) bond motifs is 1. The van der Waals surface area contributed by atoms with Crippen molar-refractivity contribution in [3.05, 3.63) is 83.4 Å². The predicted octanol–water partition coefficient (Wildman–Crippen LogP) is 5.19. The first-order valence-electron chi connectivity index (χ1n) is 14.6. The molecule has 1 unspecified atom stereocenters. The highest BCUT2D eigenvalue weighted by molar-refractivity contribution is 5.82. The van der Waals surface area contributed by atoms with E-state index in [1.807, 2.05) is 78.2 Å². The standard InChI is InChI=1S/C33H44N4O5/c1-22(2)18-37(19-23(3)4)32(38)30(34-33(39)42-20-26-9-12-31-27(16-26)13-14-40-31)17-25-7-10-29(11-8-25)41-21-28-15-24(5)36(6)35-28/h7-16,22-23,30,33-34,39H,17-21H2,1-6H3/t30-,33?/m0/s1. The third kappa shape index (κ3) is 8.92. The van der Waals surface area contributed by atoms with Gasteiger partial charge in [-0.3, -0.25) is 14.8 Å². The summed E-state index contributed by atoms with van der Waals surface area (Å²) in [6, 6.07) is 16.6. The van der Waals surface area contributed by atoms with Crippen LogP contribution in [0, 0.1) is 18.8 Å². The fourth-order valence-electron chi connectivity index (χ4n) is 4.90. The van der Waals surface area contributed by atoms with Gasteiger partial charge in [0.05, 0.1) is 18.9 Å². The van der Waals surface area contributed by atoms with Crippen molar-refractivity contribution in [3.8, 4) is 5.75 Å². The Bertz CT molecular complexity index is 1400. The zero-order valence-electron chi connectivity index (χ0n) is 25.5. The molecule has 0 aliphatic rings. The molecule has 2 aromatic carbocycles. The largest absolute Gasteiger partial charge is 0.487 e. The van der Waals surface area contributed by atoms with Gasteiger partial charge in [0, 0.05) is 31.2 Å². The van der Waals surface area contributed by atoms with Crippen molar-refractivity contribution in [2.45, 2.75) is 66.7 Å². The highest BCUT2D eigenvalue weighted by Crippen LogP contribution is 2.19. The third-order valence-electron chi connectivity index (χ3n) is 6.96. The number of amides is 1. The van der Waals surface area contributed by atoms with Crippen molar-refractivity contribution in [2.24, 2.45) is 18.9 Å². The van der Waals surface area contributed by atoms with Crippen LogP contribution in [0.5, 0.6) is 5.75 Å². The van der Waals surface area contributed by atoms with E-state index in [1.54, 1.807) is 6.26 Å². The van der Waals surface area contributed by atoms with E-state index in [1.165, 1.54) is 0 Å². The average Bonchev–Trinajstić information content (AvgIpc) is 3.54. The molecule has 0 spiro atoms. The quantitative estimate of drug-likeness (QED) is 0.188. The summed E-state index contributed by atoms with van der Waals surface area (Å²) in [5.74, 6) is 1.28. The van der Waals surface area contributed by atoms with Gasteiger partial charge in [-0.1, -0.05) is 45.9 Å². The lowest BCUT2D eigenvalue weighted by atomic mass is 10.0. The molecule has 0 radical (unpaired) electrons. The number of ether oxygens (including phenoxy) is 2. The van der Waals surface area contributed by atoms with E-state index in [-0.39, 0.29) is 12.5 Å². The van der Waals surface area contributed by atoms with Gasteiger partial charge in [-0.2, -0.15) is 5.10 Å². The number of aryl methyl sites for hydroxylation is 2. The molecule has 0 bridgehead atoms. The molecule has 4 aromatic rings. The summed E-state index contributed by atoms with van der Waals surface area (Å²) < 4.78 is 18.9. The Morgan fingerprint density at radius 3 is 2.33 bits per heavy atom. The Balaban J connectivity index is 1.43. The molecule has 226 valence electrons. The number of carbonyl (C=O) groups excluding carboxylic acids is 1. The maximum absolute atomic E-state index is 13.9. The zero-order chi connectivity index (χ0) is 30.2. The topological polar surface area (TPSA) is 102 Å². The third-order valence-corrected chi connectivity index (χ3v) is 6.96. The van der Waals surface area contributed by atoms with E-state index < -0.39 is 12.5 Å². The lowest BCUT2D eigenvalue weighted by molar-refractivity contribution is -0.151. The highest BCUT2D eigenvalue weighted by Gasteiger charge is 2.28. The molecular weight excluding hydrogens is 532 g/mol. The number of furan rings is 1. The van der Waals surface area contributed by atoms with Gasteiger partial charge in [-0.05, 0) is 72.7 Å². The van der Waals surface area contributed by atoms with Gasteiger partial charge in [0.2, 0.25) is 12.3 Å². The molecule has 2 aromatic heterocycles. The summed E-state index contributed by atoms with van der Waals surface area (Å²) in [7, 11) is 1.91. The molecule has 2 N–H and O–H groups in total. The number of nitrogens with one attached hydrogen (secondary N) is 1. The molecule has 2 atom stereocenters. The molecule has 1 amide bonds. The fourth-order valence-corrected chi connectivity index (χ4v) is 4.90. The van der Waals surface area contributed by atoms with Gasteiger partial charge in [0.1, 0.15) is 23.6 Å². The second kappa shape index (κ2) is 14.5. The van der Waals surface area contributed by atoms with Crippen molar-refractivity contribution in [1.29, 1.82) is 0 Å². The van der Waals surface area contributed by atoms with Crippen molar-refractivity contribution in [1.82, 2.24) is 20.0 Å². The van der Waals surface area contributed by atoms with E-state index in [9.17, 15) is 9.90 Å². The second-order valence-corrected chi connectivity index (χ2v) is 11.7. The second-order valence-electron chi connectivity index (χ2n) is 11.7. The lowest BCUT2D eigenvalue weighted by Crippen LogP contribution is -2.53. The van der Waals surface area contributed by atoms with Gasteiger partial charge in [0.15, 0.2) is 0 Å². The van der Waals surface area contributed by atoms with Crippen LogP contribution in [0.1, 0.15) is 50.2 Å². The van der Waals surface area contributed by atoms with Crippen LogP contribution in [0.3, 0.4) is 0 Å². The summed E-state index contributed by atoms with van der Waals surface area (Å²) >= 11 is 0. The summed E-state index contributed by atoms with van der Waals surface area (Å²) in [4.78, 5) is 15.7. The summed E-state index contributed by atoms with van der Waals surface area (Å²) in [5, 5.41) is 19.3. The number of hydrogen-bond donors (Lipinski definition) is 2. The minimum absolute atomic E-state index is 0.0642. The van der Waals surface area contributed by atoms with Crippen molar-refractivity contribution >= 4 is 16.9 Å². The monoisotopic (exact) mass is 576 g/mol. The molecule has 4 rings (SSSR count). The number of aromatic nitrogens is 2. The Morgan fingerprint density at radius 2 is 1.69 bits per heavy atom. The van der Waals surface area contributed by atoms with Crippen LogP contribution in [0.15, 0.2) is 65.3 Å². The highest BCUT2D eigenvalue weighted by atomic mass is 16.6. The normalized spacial score (nSPS) is 13.2. The van der Waals surface area contributed by atoms with Crippen LogP contribution in [0.25, 0.3) is 11.0 Å². The number of benzene rings is 2. The minimum Gasteiger partial charge on any atom is -0.487 e. The van der Waals surface area contributed by atoms with Crippen LogP contribution < -0.4 is 10.1 Å². The average molecular weight is 577 g/mol. The number of rotatable bonds is 15. The summed E-state index contributed by atoms with van der Waals surface area (Å²) in [6.45, 7) is 12.2. The fraction of sp³-hybridized carbons (Fsp3) is 0.455. The Labute approximate surface area is 248 Å². The summed E-state index contributed by atoms with van der Waals surface area (Å²) in [5.41, 5.74) is 4.56. The van der Waals surface area contributed by atoms with Crippen LogP contribution in [-0.4, -0.2) is 51.2 Å². The molecule has 9 nitrogen and oxygen atoms in total. The molecule has 0 saturated heterocycles. The van der Waals surface area contributed by atoms with Crippen LogP contribution in [0.4, 0.5) is 0 Å². The Morgan fingerprint density at radius 1 is 1.00 bits per heavy atom. The van der Waals surface area contributed by atoms with E-state index in [0.717, 1.165) is 39.2 Å². The smallest absolute Gasteiger partial charge is 0.240 e. The molecule has 42 heavy (non-hydrogen) atoms. The minimum atomic E-state index is -1.33. The van der Waals surface area contributed by atoms with Crippen molar-refractivity contribution < 1.29 is 23.8 Å². The number of carbonyl (C=O) groups is 1. The van der Waals surface area contributed by atoms with Crippen molar-refractivity contribution in [3.63, 3.8) is 0 Å². The number of hydrogen-bond acceptors (Lipinski definition) is 7. The van der Waals surface area contributed by atoms with E-state index in [0.29, 0.717) is 38.0 Å². The number of aliphatic hydroxyl groups excluding tert-OH is 1. The van der Waals surface area contributed by atoms with Gasteiger partial charge in [0.25, 0.3) is 0 Å². The Kier molecular flexibility index (Phi) is 10.8. The molecule has 2 heterocycles. The van der Waals surface area contributed by atoms with Gasteiger partial charge in [-0.15, -0.1) is 0 Å². The van der Waals surface area contributed by atoms with Gasteiger partial charge >= 0.3 is 0 Å². The van der Waals surface area contributed by atoms with Crippen LogP contribution in [0.2, 0.25) is 0 Å². The lowest BCUT2D eigenvalue weighted by Gasteiger charge is -2.31. The molecule has 0 aliphatic heterocycles. The van der Waals surface area contributed by atoms with E-state index >= 15 is 0 Å². The molecule has 0 saturated carbocycles. The van der Waals surface area contributed by atoms with E-state index in [4.69, 9.17) is 13.9 Å². The molecule has 0 fully saturated rings. The number of aliphatic hydroxyl groups is 1. The SMILES string of the molecule is Cc1cc(COc2ccc(C[C@H](NC(O)OCc3ccc4occc4c3)C(=O)N(CC(C)C)CC(C)C)cc2)nn1C. The first kappa shape index (κ1) is 31.3.